The lowest BCUT2D eigenvalue weighted by molar-refractivity contribution is 0.764. The van der Waals surface area contributed by atoms with Crippen molar-refractivity contribution in [3.63, 3.8) is 0 Å². The van der Waals surface area contributed by atoms with Gasteiger partial charge in [-0.1, -0.05) is 135 Å². The van der Waals surface area contributed by atoms with Crippen molar-refractivity contribution in [2.75, 3.05) is 0 Å². The van der Waals surface area contributed by atoms with Gasteiger partial charge in [0.1, 0.15) is 5.65 Å². The van der Waals surface area contributed by atoms with E-state index in [2.05, 4.69) is 196 Å². The van der Waals surface area contributed by atoms with Gasteiger partial charge in [0.25, 0.3) is 0 Å². The van der Waals surface area contributed by atoms with Crippen LogP contribution in [-0.4, -0.2) is 54.1 Å². The number of pyridine rings is 4. The molecule has 0 N–H and O–H groups in total. The van der Waals surface area contributed by atoms with Crippen molar-refractivity contribution in [3.8, 4) is 0 Å². The third-order valence-corrected chi connectivity index (χ3v) is 12.3. The molecule has 0 amide bonds. The molecule has 12 heteroatoms. The Morgan fingerprint density at radius 2 is 1.04 bits per heavy atom. The maximum Gasteiger partial charge on any atom is 0.136 e. The standard InChI is InChI=1S/C10H12N2.C8H12N2.3C8H11N.C7H12N2.C7H10N2.C7H10S/c1-8(2)9-4-3-5-10-11-6-7-12(9)10;1-6(2)8-5-9-7(3)4-10-8;1-7(2)8-3-5-9-6-4-8;1-7(2)8-4-3-5-9-6-8;1-7(2)8-5-3-4-6-9-8;1-6(2)7-4-8-9(3)5-7;1-6(2)7-5-8-3-4-9-7;1-6(2)7-4-3-5-8-7/h3-8H,1-2H3;4-6H,1-3H3;3*3-7H,1-2H3;4-6H,1-3H3;3-6H,1-2H3;3-6H,1-2H3. The van der Waals surface area contributed by atoms with Crippen LogP contribution in [0.4, 0.5) is 0 Å². The molecule has 402 valence electrons. The number of hydrogen-bond acceptors (Lipinski definition) is 10. The van der Waals surface area contributed by atoms with E-state index in [1.54, 1.807) is 31.0 Å². The summed E-state index contributed by atoms with van der Waals surface area (Å²) in [7, 11) is 1.94. The summed E-state index contributed by atoms with van der Waals surface area (Å²) in [6.45, 7) is 36.5. The molecule has 0 atom stereocenters. The third-order valence-electron chi connectivity index (χ3n) is 11.1. The molecule has 75 heavy (non-hydrogen) atoms. The van der Waals surface area contributed by atoms with Crippen LogP contribution in [0.25, 0.3) is 5.65 Å². The maximum atomic E-state index is 4.22. The predicted octanol–water partition coefficient (Wildman–Crippen LogP) is 17.0. The van der Waals surface area contributed by atoms with E-state index in [1.807, 2.05) is 128 Å². The Labute approximate surface area is 455 Å². The number of nitrogens with zero attached hydrogens (tertiary/aromatic N) is 11. The number of aryl methyl sites for hydroxylation is 2. The van der Waals surface area contributed by atoms with Crippen LogP contribution in [0.1, 0.15) is 208 Å². The summed E-state index contributed by atoms with van der Waals surface area (Å²) in [4.78, 5) is 34.2. The second kappa shape index (κ2) is 36.2. The molecule has 0 spiro atoms. The van der Waals surface area contributed by atoms with Gasteiger partial charge in [0, 0.05) is 104 Å². The average Bonchev–Trinajstić information content (AvgIpc) is 4.23. The van der Waals surface area contributed by atoms with Gasteiger partial charge in [-0.25, -0.2) is 4.98 Å². The van der Waals surface area contributed by atoms with Crippen LogP contribution >= 0.6 is 11.3 Å². The minimum atomic E-state index is 0.480. The Balaban J connectivity index is 0.000000294. The molecule has 0 bridgehead atoms. The van der Waals surface area contributed by atoms with Gasteiger partial charge in [-0.3, -0.25) is 39.6 Å². The van der Waals surface area contributed by atoms with Crippen LogP contribution in [-0.2, 0) is 7.05 Å². The molecule has 0 aliphatic rings. The van der Waals surface area contributed by atoms with E-state index in [1.165, 1.54) is 27.3 Å². The molecule has 11 nitrogen and oxygen atoms in total. The molecule has 0 radical (unpaired) electrons. The van der Waals surface area contributed by atoms with Crippen LogP contribution in [0.5, 0.6) is 0 Å². The molecule has 0 aliphatic carbocycles. The van der Waals surface area contributed by atoms with E-state index in [0.717, 1.165) is 28.4 Å². The average molecular weight is 1030 g/mol. The Morgan fingerprint density at radius 3 is 1.43 bits per heavy atom. The normalized spacial score (nSPS) is 10.4. The predicted molar refractivity (Wildman–Crippen MR) is 317 cm³/mol. The lowest BCUT2D eigenvalue weighted by atomic mass is 10.1. The number of aromatic nitrogens is 11. The summed E-state index contributed by atoms with van der Waals surface area (Å²) in [5.74, 6) is 4.57. The Hall–Kier alpha value is -6.79. The summed E-state index contributed by atoms with van der Waals surface area (Å²) < 4.78 is 3.96. The van der Waals surface area contributed by atoms with Crippen molar-refractivity contribution in [3.05, 3.63) is 215 Å². The monoisotopic (exact) mass is 1030 g/mol. The van der Waals surface area contributed by atoms with Gasteiger partial charge in [0.05, 0.1) is 23.3 Å². The lowest BCUT2D eigenvalue weighted by Gasteiger charge is -2.07. The van der Waals surface area contributed by atoms with Gasteiger partial charge in [0.2, 0.25) is 0 Å². The second-order valence-electron chi connectivity index (χ2n) is 20.3. The van der Waals surface area contributed by atoms with Crippen LogP contribution in [0, 0.1) is 6.92 Å². The summed E-state index contributed by atoms with van der Waals surface area (Å²) in [5.41, 5.74) is 10.6. The highest BCUT2D eigenvalue weighted by atomic mass is 32.1. The van der Waals surface area contributed by atoms with Gasteiger partial charge in [-0.2, -0.15) is 5.10 Å². The zero-order chi connectivity index (χ0) is 55.7. The number of fused-ring (bicyclic) bond motifs is 1. The van der Waals surface area contributed by atoms with Crippen molar-refractivity contribution >= 4 is 17.0 Å². The first-order valence-electron chi connectivity index (χ1n) is 26.4. The van der Waals surface area contributed by atoms with Crippen LogP contribution in [0.3, 0.4) is 0 Å². The van der Waals surface area contributed by atoms with Gasteiger partial charge in [-0.15, -0.1) is 11.3 Å². The maximum absolute atomic E-state index is 4.22. The molecule has 0 saturated heterocycles. The highest BCUT2D eigenvalue weighted by Crippen LogP contribution is 2.19. The van der Waals surface area contributed by atoms with E-state index >= 15 is 0 Å². The molecule has 0 unspecified atom stereocenters. The minimum absolute atomic E-state index is 0.480. The summed E-state index contributed by atoms with van der Waals surface area (Å²) in [5, 5.41) is 6.17. The molecule has 0 aromatic carbocycles. The number of hydrogen-bond donors (Lipinski definition) is 0. The van der Waals surface area contributed by atoms with E-state index in [0.29, 0.717) is 47.3 Å². The highest BCUT2D eigenvalue weighted by molar-refractivity contribution is 7.10. The molecule has 9 aromatic heterocycles. The fourth-order valence-corrected chi connectivity index (χ4v) is 7.03. The molecule has 0 saturated carbocycles. The summed E-state index contributed by atoms with van der Waals surface area (Å²) >= 11 is 1.83. The van der Waals surface area contributed by atoms with Crippen molar-refractivity contribution in [2.24, 2.45) is 7.05 Å². The molecular weight excluding hydrogens is 943 g/mol. The topological polar surface area (TPSA) is 125 Å². The van der Waals surface area contributed by atoms with Crippen LogP contribution < -0.4 is 0 Å². The number of thiophene rings is 1. The summed E-state index contributed by atoms with van der Waals surface area (Å²) in [6.07, 6.45) is 25.8. The quantitative estimate of drug-likeness (QED) is 0.146. The minimum Gasteiger partial charge on any atom is -0.304 e. The van der Waals surface area contributed by atoms with Crippen LogP contribution in [0.15, 0.2) is 165 Å². The van der Waals surface area contributed by atoms with Crippen LogP contribution in [0.2, 0.25) is 0 Å². The van der Waals surface area contributed by atoms with Crippen molar-refractivity contribution in [2.45, 2.75) is 165 Å². The molecule has 9 heterocycles. The lowest BCUT2D eigenvalue weighted by Crippen LogP contribution is -1.96. The fourth-order valence-electron chi connectivity index (χ4n) is 6.29. The van der Waals surface area contributed by atoms with Crippen molar-refractivity contribution < 1.29 is 0 Å². The first-order chi connectivity index (χ1) is 35.7. The van der Waals surface area contributed by atoms with E-state index in [4.69, 9.17) is 0 Å². The molecule has 9 aromatic rings. The van der Waals surface area contributed by atoms with E-state index in [9.17, 15) is 0 Å². The Morgan fingerprint density at radius 1 is 0.400 bits per heavy atom. The SMILES string of the molecule is CC(C)c1cccc2nccn12.CC(C)c1ccccn1.CC(C)c1cccnc1.CC(C)c1cccs1.CC(C)c1ccncc1.CC(C)c1cnccn1.CC(C)c1cnn(C)c1.Cc1cnc(C(C)C)cn1. The largest absolute Gasteiger partial charge is 0.304 e. The van der Waals surface area contributed by atoms with E-state index < -0.39 is 0 Å². The van der Waals surface area contributed by atoms with Gasteiger partial charge >= 0.3 is 0 Å². The van der Waals surface area contributed by atoms with Crippen molar-refractivity contribution in [1.82, 2.24) is 54.1 Å². The zero-order valence-electron chi connectivity index (χ0n) is 48.5. The Bertz CT molecular complexity index is 2560. The number of rotatable bonds is 8. The van der Waals surface area contributed by atoms with Crippen molar-refractivity contribution in [1.29, 1.82) is 0 Å². The summed E-state index contributed by atoms with van der Waals surface area (Å²) in [6, 6.07) is 24.6. The first kappa shape index (κ1) is 64.3. The van der Waals surface area contributed by atoms with Gasteiger partial charge in [0.15, 0.2) is 0 Å². The van der Waals surface area contributed by atoms with E-state index in [-0.39, 0.29) is 0 Å². The Kier molecular flexibility index (Phi) is 31.1. The fraction of sp³-hybridized carbons (Fsp3) is 0.413. The second-order valence-corrected chi connectivity index (χ2v) is 21.3. The number of imidazole rings is 1. The zero-order valence-corrected chi connectivity index (χ0v) is 49.4. The molecule has 0 fully saturated rings. The van der Waals surface area contributed by atoms with Gasteiger partial charge in [-0.05, 0) is 125 Å². The first-order valence-corrected chi connectivity index (χ1v) is 27.3. The van der Waals surface area contributed by atoms with Gasteiger partial charge < -0.3 is 4.40 Å². The highest BCUT2D eigenvalue weighted by Gasteiger charge is 2.04. The smallest absolute Gasteiger partial charge is 0.136 e. The molecule has 9 rings (SSSR count). The molecule has 0 aliphatic heterocycles. The molecular formula is C63H89N11S. The third kappa shape index (κ3) is 26.8.